The Morgan fingerprint density at radius 1 is 0.921 bits per heavy atom. The summed E-state index contributed by atoms with van der Waals surface area (Å²) in [5.41, 5.74) is 2.01. The zero-order valence-corrected chi connectivity index (χ0v) is 20.4. The van der Waals surface area contributed by atoms with Crippen LogP contribution in [0.15, 0.2) is 67.1 Å². The Bertz CT molecular complexity index is 1200. The molecule has 0 spiro atoms. The predicted molar refractivity (Wildman–Crippen MR) is 135 cm³/mol. The van der Waals surface area contributed by atoms with Crippen LogP contribution in [0.5, 0.6) is 5.75 Å². The number of phenols is 1. The Hall–Kier alpha value is -4.87. The Labute approximate surface area is 218 Å². The van der Waals surface area contributed by atoms with E-state index in [-0.39, 0.29) is 38.2 Å². The molecular weight excluding hydrogens is 494 g/mol. The van der Waals surface area contributed by atoms with Crippen LogP contribution in [0.4, 0.5) is 4.79 Å². The molecule has 0 aliphatic carbocycles. The molecule has 200 valence electrons. The zero-order chi connectivity index (χ0) is 27.3. The second-order valence-corrected chi connectivity index (χ2v) is 8.41. The molecule has 0 fully saturated rings. The van der Waals surface area contributed by atoms with Gasteiger partial charge in [0.2, 0.25) is 11.8 Å². The van der Waals surface area contributed by atoms with Gasteiger partial charge in [0.05, 0.1) is 6.33 Å². The van der Waals surface area contributed by atoms with Crippen LogP contribution in [0.1, 0.15) is 23.2 Å². The van der Waals surface area contributed by atoms with Gasteiger partial charge in [-0.25, -0.2) is 14.6 Å². The van der Waals surface area contributed by atoms with Crippen LogP contribution in [-0.4, -0.2) is 62.7 Å². The number of amides is 3. The molecule has 0 aliphatic rings. The Morgan fingerprint density at radius 2 is 1.66 bits per heavy atom. The molecule has 0 saturated carbocycles. The number of carboxylic acids is 1. The lowest BCUT2D eigenvalue weighted by atomic mass is 10.1. The van der Waals surface area contributed by atoms with E-state index >= 15 is 0 Å². The number of carbonyl (C=O) groups is 4. The number of phenolic OH excluding ortho intramolecular Hbond substituents is 1. The summed E-state index contributed by atoms with van der Waals surface area (Å²) in [6.45, 7) is -0.0590. The average molecular weight is 524 g/mol. The van der Waals surface area contributed by atoms with E-state index < -0.39 is 36.0 Å². The number of H-pyrrole nitrogens is 1. The van der Waals surface area contributed by atoms with E-state index in [0.29, 0.717) is 11.3 Å². The van der Waals surface area contributed by atoms with Crippen molar-refractivity contribution in [3.05, 3.63) is 83.9 Å². The highest BCUT2D eigenvalue weighted by molar-refractivity contribution is 5.87. The molecule has 2 atom stereocenters. The Balaban J connectivity index is 1.49. The summed E-state index contributed by atoms with van der Waals surface area (Å²) in [4.78, 5) is 55.8. The fourth-order valence-corrected chi connectivity index (χ4v) is 3.49. The van der Waals surface area contributed by atoms with Crippen molar-refractivity contribution in [3.63, 3.8) is 0 Å². The molecule has 1 heterocycles. The van der Waals surface area contributed by atoms with Gasteiger partial charge in [0.1, 0.15) is 24.4 Å². The Kier molecular flexibility index (Phi) is 10.2. The number of rotatable bonds is 13. The molecule has 3 amide bonds. The third kappa shape index (κ3) is 9.30. The van der Waals surface area contributed by atoms with Crippen LogP contribution in [0, 0.1) is 0 Å². The van der Waals surface area contributed by atoms with E-state index in [4.69, 9.17) is 4.74 Å². The maximum Gasteiger partial charge on any atom is 0.408 e. The maximum atomic E-state index is 12.8. The molecule has 38 heavy (non-hydrogen) atoms. The lowest BCUT2D eigenvalue weighted by molar-refractivity contribution is -0.141. The summed E-state index contributed by atoms with van der Waals surface area (Å²) in [5.74, 6) is -2.29. The van der Waals surface area contributed by atoms with Crippen molar-refractivity contribution in [1.82, 2.24) is 25.9 Å². The number of aromatic nitrogens is 2. The minimum absolute atomic E-state index is 0.0228. The van der Waals surface area contributed by atoms with Crippen LogP contribution in [0.2, 0.25) is 0 Å². The highest BCUT2D eigenvalue weighted by Gasteiger charge is 2.24. The number of alkyl carbamates (subject to hydrolysis) is 1. The van der Waals surface area contributed by atoms with Crippen molar-refractivity contribution >= 4 is 23.9 Å². The molecule has 0 aliphatic heterocycles. The summed E-state index contributed by atoms with van der Waals surface area (Å²) in [6.07, 6.45) is 2.12. The molecule has 0 bridgehead atoms. The first-order valence-corrected chi connectivity index (χ1v) is 11.8. The molecule has 6 N–H and O–H groups in total. The van der Waals surface area contributed by atoms with Crippen molar-refractivity contribution in [3.8, 4) is 5.75 Å². The molecule has 12 nitrogen and oxygen atoms in total. The van der Waals surface area contributed by atoms with Crippen molar-refractivity contribution in [2.24, 2.45) is 0 Å². The van der Waals surface area contributed by atoms with Gasteiger partial charge >= 0.3 is 12.1 Å². The lowest BCUT2D eigenvalue weighted by Gasteiger charge is -2.18. The second kappa shape index (κ2) is 14.0. The number of hydrogen-bond acceptors (Lipinski definition) is 7. The molecule has 0 radical (unpaired) electrons. The molecular formula is C26H29N5O7. The number of nitrogens with one attached hydrogen (secondary N) is 4. The zero-order valence-electron chi connectivity index (χ0n) is 20.4. The summed E-state index contributed by atoms with van der Waals surface area (Å²) in [7, 11) is 0. The van der Waals surface area contributed by atoms with E-state index in [1.807, 2.05) is 18.2 Å². The van der Waals surface area contributed by atoms with Crippen molar-refractivity contribution in [2.45, 2.75) is 38.0 Å². The maximum absolute atomic E-state index is 12.8. The number of aromatic hydroxyl groups is 1. The lowest BCUT2D eigenvalue weighted by Crippen LogP contribution is -2.49. The van der Waals surface area contributed by atoms with Gasteiger partial charge in [-0.05, 0) is 23.3 Å². The fraction of sp³-hybridized carbons (Fsp3) is 0.269. The largest absolute Gasteiger partial charge is 0.508 e. The van der Waals surface area contributed by atoms with Crippen molar-refractivity contribution in [1.29, 1.82) is 0 Å². The molecule has 1 aromatic heterocycles. The minimum Gasteiger partial charge on any atom is -0.508 e. The van der Waals surface area contributed by atoms with Gasteiger partial charge in [-0.1, -0.05) is 42.5 Å². The van der Waals surface area contributed by atoms with E-state index in [1.54, 1.807) is 24.3 Å². The number of hydrogen-bond donors (Lipinski definition) is 6. The van der Waals surface area contributed by atoms with Crippen LogP contribution in [0.3, 0.4) is 0 Å². The predicted octanol–water partition coefficient (Wildman–Crippen LogP) is 1.27. The average Bonchev–Trinajstić information content (AvgIpc) is 3.41. The number of imidazole rings is 1. The molecule has 0 unspecified atom stereocenters. The molecule has 0 saturated heterocycles. The van der Waals surface area contributed by atoms with Crippen molar-refractivity contribution < 1.29 is 34.1 Å². The van der Waals surface area contributed by atoms with Gasteiger partial charge in [0, 0.05) is 37.7 Å². The van der Waals surface area contributed by atoms with Crippen LogP contribution in [0.25, 0.3) is 0 Å². The first-order chi connectivity index (χ1) is 18.3. The Morgan fingerprint density at radius 3 is 2.32 bits per heavy atom. The summed E-state index contributed by atoms with van der Waals surface area (Å²) in [5, 5.41) is 26.4. The van der Waals surface area contributed by atoms with Crippen LogP contribution in [-0.2, 0) is 38.6 Å². The quantitative estimate of drug-likeness (QED) is 0.194. The summed E-state index contributed by atoms with van der Waals surface area (Å²) >= 11 is 0. The molecule has 3 aromatic rings. The topological polar surface area (TPSA) is 183 Å². The normalized spacial score (nSPS) is 12.1. The van der Waals surface area contributed by atoms with Gasteiger partial charge in [-0.2, -0.15) is 0 Å². The smallest absolute Gasteiger partial charge is 0.408 e. The third-order valence-corrected chi connectivity index (χ3v) is 5.46. The second-order valence-electron chi connectivity index (χ2n) is 8.41. The van der Waals surface area contributed by atoms with E-state index in [2.05, 4.69) is 25.9 Å². The van der Waals surface area contributed by atoms with Crippen LogP contribution < -0.4 is 16.0 Å². The highest BCUT2D eigenvalue weighted by Crippen LogP contribution is 2.11. The number of nitrogens with zero attached hydrogens (tertiary/aromatic N) is 1. The number of aromatic amines is 1. The number of carboxylic acid groups (broad SMARTS) is 1. The summed E-state index contributed by atoms with van der Waals surface area (Å²) in [6, 6.07) is 12.9. The SMILES string of the molecule is O=C(CCNC(=O)[C@H](Cc1cnc[nH]1)NC(=O)OCc1ccccc1)N[C@@H](Cc1ccc(O)cc1)C(=O)O. The van der Waals surface area contributed by atoms with Crippen molar-refractivity contribution in [2.75, 3.05) is 6.54 Å². The number of carbonyl (C=O) groups excluding carboxylic acids is 3. The highest BCUT2D eigenvalue weighted by atomic mass is 16.5. The summed E-state index contributed by atoms with van der Waals surface area (Å²) < 4.78 is 5.20. The van der Waals surface area contributed by atoms with Gasteiger partial charge in [0.15, 0.2) is 0 Å². The standard InChI is InChI=1S/C26H29N5O7/c32-20-8-6-17(7-9-20)12-22(25(35)36)30-23(33)10-11-28-24(34)21(13-19-14-27-16-29-19)31-26(37)38-15-18-4-2-1-3-5-18/h1-9,14,16,21-22,32H,10-13,15H2,(H,27,29)(H,28,34)(H,30,33)(H,31,37)(H,35,36)/t21-,22-/m0/s1. The van der Waals surface area contributed by atoms with E-state index in [9.17, 15) is 29.4 Å². The first kappa shape index (κ1) is 27.7. The minimum atomic E-state index is -1.21. The number of benzene rings is 2. The number of aliphatic carboxylic acids is 1. The molecule has 2 aromatic carbocycles. The molecule has 12 heteroatoms. The number of ether oxygens (including phenoxy) is 1. The van der Waals surface area contributed by atoms with Gasteiger partial charge in [0.25, 0.3) is 0 Å². The first-order valence-electron chi connectivity index (χ1n) is 11.8. The van der Waals surface area contributed by atoms with E-state index in [1.165, 1.54) is 24.7 Å². The van der Waals surface area contributed by atoms with Gasteiger partial charge in [-0.3, -0.25) is 9.59 Å². The fourth-order valence-electron chi connectivity index (χ4n) is 3.49. The van der Waals surface area contributed by atoms with Gasteiger partial charge < -0.3 is 35.9 Å². The van der Waals surface area contributed by atoms with Crippen LogP contribution >= 0.6 is 0 Å². The van der Waals surface area contributed by atoms with Gasteiger partial charge in [-0.15, -0.1) is 0 Å². The third-order valence-electron chi connectivity index (χ3n) is 5.46. The monoisotopic (exact) mass is 523 g/mol. The van der Waals surface area contributed by atoms with E-state index in [0.717, 1.165) is 5.56 Å². The molecule has 3 rings (SSSR count).